The molecule has 1 saturated heterocycles. The first-order valence-electron chi connectivity index (χ1n) is 10.6. The van der Waals surface area contributed by atoms with E-state index < -0.39 is 12.1 Å². The van der Waals surface area contributed by atoms with Crippen molar-refractivity contribution in [2.24, 2.45) is 0 Å². The summed E-state index contributed by atoms with van der Waals surface area (Å²) in [5.41, 5.74) is 2.09. The summed E-state index contributed by atoms with van der Waals surface area (Å²) >= 11 is 6.35. The van der Waals surface area contributed by atoms with Gasteiger partial charge in [0, 0.05) is 25.3 Å². The van der Waals surface area contributed by atoms with Gasteiger partial charge in [-0.1, -0.05) is 23.7 Å². The summed E-state index contributed by atoms with van der Waals surface area (Å²) in [6.45, 7) is 2.43. The lowest BCUT2D eigenvalue weighted by molar-refractivity contribution is -0.192. The molecule has 192 valence electrons. The van der Waals surface area contributed by atoms with Gasteiger partial charge in [0.1, 0.15) is 23.9 Å². The molecule has 4 rings (SSSR count). The average Bonchev–Trinajstić information content (AvgIpc) is 3.50. The zero-order chi connectivity index (χ0) is 26.3. The summed E-state index contributed by atoms with van der Waals surface area (Å²) in [6.07, 6.45) is -1.35. The highest BCUT2D eigenvalue weighted by Gasteiger charge is 2.38. The van der Waals surface area contributed by atoms with Crippen molar-refractivity contribution in [1.29, 1.82) is 0 Å². The third-order valence-electron chi connectivity index (χ3n) is 5.06. The number of nitrogens with one attached hydrogen (secondary N) is 1. The second-order valence-electron chi connectivity index (χ2n) is 7.80. The Hall–Kier alpha value is -3.57. The van der Waals surface area contributed by atoms with E-state index in [1.54, 1.807) is 36.4 Å². The zero-order valence-electron chi connectivity index (χ0n) is 18.6. The first-order chi connectivity index (χ1) is 17.0. The van der Waals surface area contributed by atoms with Gasteiger partial charge in [0.2, 0.25) is 0 Å². The predicted molar refractivity (Wildman–Crippen MR) is 123 cm³/mol. The molecule has 1 aliphatic rings. The summed E-state index contributed by atoms with van der Waals surface area (Å²) in [7, 11) is 0. The Morgan fingerprint density at radius 2 is 1.86 bits per heavy atom. The van der Waals surface area contributed by atoms with Crippen LogP contribution in [0.5, 0.6) is 5.75 Å². The molecule has 0 aliphatic carbocycles. The largest absolute Gasteiger partial charge is 0.490 e. The maximum absolute atomic E-state index is 13.0. The standard InChI is InChI=1S/C22H20ClFN2O3.C2HF3O2/c23-20-11-18(25-22(27)16-8-10-28-14-16)5-6-21(20)29-19-7-9-26(13-19)12-15-1-3-17(24)4-2-15;3-2(4,5)1(6)7/h1-6,8,10-11,14,19H,7,9,12-13H2,(H,25,27);(H,6,7). The van der Waals surface area contributed by atoms with Crippen LogP contribution < -0.4 is 10.1 Å². The molecule has 2 aromatic carbocycles. The fraction of sp³-hybridized carbons (Fsp3) is 0.250. The first kappa shape index (κ1) is 27.0. The number of nitrogens with zero attached hydrogens (tertiary/aromatic N) is 1. The van der Waals surface area contributed by atoms with E-state index in [0.29, 0.717) is 22.0 Å². The molecular weight excluding hydrogens is 508 g/mol. The molecule has 2 N–H and O–H groups in total. The number of aliphatic carboxylic acids is 1. The number of alkyl halides is 3. The van der Waals surface area contributed by atoms with Crippen molar-refractivity contribution >= 4 is 29.2 Å². The van der Waals surface area contributed by atoms with Crippen molar-refractivity contribution < 1.29 is 41.4 Å². The van der Waals surface area contributed by atoms with Gasteiger partial charge in [0.15, 0.2) is 0 Å². The Morgan fingerprint density at radius 3 is 2.44 bits per heavy atom. The van der Waals surface area contributed by atoms with Gasteiger partial charge in [-0.2, -0.15) is 13.2 Å². The van der Waals surface area contributed by atoms with Crippen molar-refractivity contribution in [2.75, 3.05) is 18.4 Å². The van der Waals surface area contributed by atoms with Crippen LogP contribution in [0.1, 0.15) is 22.3 Å². The predicted octanol–water partition coefficient (Wildman–Crippen LogP) is 5.61. The Kier molecular flexibility index (Phi) is 8.94. The minimum atomic E-state index is -5.08. The number of halogens is 5. The highest BCUT2D eigenvalue weighted by molar-refractivity contribution is 6.32. The third-order valence-corrected chi connectivity index (χ3v) is 5.35. The molecule has 1 amide bonds. The second kappa shape index (κ2) is 11.9. The zero-order valence-corrected chi connectivity index (χ0v) is 19.4. The SMILES string of the molecule is O=C(Nc1ccc(OC2CCN(Cc3ccc(F)cc3)C2)c(Cl)c1)c1ccoc1.O=C(O)C(F)(F)F. The number of benzene rings is 2. The van der Waals surface area contributed by atoms with E-state index in [-0.39, 0.29) is 17.8 Å². The number of ether oxygens (including phenoxy) is 1. The summed E-state index contributed by atoms with van der Waals surface area (Å²) in [6, 6.07) is 13.3. The molecule has 0 radical (unpaired) electrons. The van der Waals surface area contributed by atoms with Crippen LogP contribution in [-0.4, -0.2) is 47.3 Å². The number of carbonyl (C=O) groups excluding carboxylic acids is 1. The Bertz CT molecular complexity index is 1170. The number of carbonyl (C=O) groups is 2. The van der Waals surface area contributed by atoms with Crippen molar-refractivity contribution in [3.05, 3.63) is 83.0 Å². The number of anilines is 1. The number of rotatable bonds is 6. The van der Waals surface area contributed by atoms with Crippen LogP contribution >= 0.6 is 11.6 Å². The highest BCUT2D eigenvalue weighted by Crippen LogP contribution is 2.30. The Morgan fingerprint density at radius 1 is 1.17 bits per heavy atom. The van der Waals surface area contributed by atoms with Crippen LogP contribution in [0, 0.1) is 5.82 Å². The molecule has 1 aliphatic heterocycles. The maximum atomic E-state index is 13.0. The number of carboxylic acid groups (broad SMARTS) is 1. The summed E-state index contributed by atoms with van der Waals surface area (Å²) in [5.74, 6) is -2.67. The van der Waals surface area contributed by atoms with E-state index in [1.807, 2.05) is 0 Å². The number of likely N-dealkylation sites (tertiary alicyclic amines) is 1. The van der Waals surface area contributed by atoms with Crippen molar-refractivity contribution in [3.8, 4) is 5.75 Å². The fourth-order valence-corrected chi connectivity index (χ4v) is 3.56. The Labute approximate surface area is 208 Å². The highest BCUT2D eigenvalue weighted by atomic mass is 35.5. The minimum absolute atomic E-state index is 0.0271. The van der Waals surface area contributed by atoms with Gasteiger partial charge in [0.05, 0.1) is 16.8 Å². The van der Waals surface area contributed by atoms with Crippen molar-refractivity contribution in [3.63, 3.8) is 0 Å². The van der Waals surface area contributed by atoms with E-state index in [4.69, 9.17) is 30.7 Å². The average molecular weight is 529 g/mol. The van der Waals surface area contributed by atoms with E-state index >= 15 is 0 Å². The van der Waals surface area contributed by atoms with E-state index in [9.17, 15) is 22.4 Å². The maximum Gasteiger partial charge on any atom is 0.490 e. The van der Waals surface area contributed by atoms with Gasteiger partial charge < -0.3 is 19.6 Å². The molecule has 1 unspecified atom stereocenters. The minimum Gasteiger partial charge on any atom is -0.487 e. The van der Waals surface area contributed by atoms with Crippen LogP contribution in [0.4, 0.5) is 23.2 Å². The van der Waals surface area contributed by atoms with E-state index in [0.717, 1.165) is 31.6 Å². The van der Waals surface area contributed by atoms with Crippen LogP contribution in [0.3, 0.4) is 0 Å². The summed E-state index contributed by atoms with van der Waals surface area (Å²) in [5, 5.41) is 10.3. The quantitative estimate of drug-likeness (QED) is 0.404. The van der Waals surface area contributed by atoms with Gasteiger partial charge in [-0.3, -0.25) is 9.69 Å². The molecule has 2 heterocycles. The third kappa shape index (κ3) is 7.99. The molecule has 0 bridgehead atoms. The lowest BCUT2D eigenvalue weighted by atomic mass is 10.2. The molecule has 1 atom stereocenters. The molecule has 12 heteroatoms. The molecule has 1 fully saturated rings. The lowest BCUT2D eigenvalue weighted by Crippen LogP contribution is -2.24. The van der Waals surface area contributed by atoms with Crippen LogP contribution in [0.25, 0.3) is 0 Å². The Balaban J connectivity index is 0.000000454. The smallest absolute Gasteiger partial charge is 0.487 e. The van der Waals surface area contributed by atoms with Gasteiger partial charge in [0.25, 0.3) is 5.91 Å². The number of furan rings is 1. The molecule has 1 aromatic heterocycles. The summed E-state index contributed by atoms with van der Waals surface area (Å²) in [4.78, 5) is 23.2. The van der Waals surface area contributed by atoms with Crippen molar-refractivity contribution in [1.82, 2.24) is 4.90 Å². The second-order valence-corrected chi connectivity index (χ2v) is 8.21. The van der Waals surface area contributed by atoms with Gasteiger partial charge in [-0.05, 0) is 48.4 Å². The van der Waals surface area contributed by atoms with Crippen LogP contribution in [0.15, 0.2) is 65.5 Å². The van der Waals surface area contributed by atoms with Gasteiger partial charge >= 0.3 is 12.1 Å². The number of carboxylic acids is 1. The molecule has 3 aromatic rings. The van der Waals surface area contributed by atoms with Crippen molar-refractivity contribution in [2.45, 2.75) is 25.2 Å². The lowest BCUT2D eigenvalue weighted by Gasteiger charge is -2.18. The van der Waals surface area contributed by atoms with Crippen LogP contribution in [0.2, 0.25) is 5.02 Å². The summed E-state index contributed by atoms with van der Waals surface area (Å²) < 4.78 is 55.8. The number of hydrogen-bond donors (Lipinski definition) is 2. The van der Waals surface area contributed by atoms with E-state index in [2.05, 4.69) is 10.2 Å². The van der Waals surface area contributed by atoms with Gasteiger partial charge in [-0.25, -0.2) is 9.18 Å². The molecule has 7 nitrogen and oxygen atoms in total. The monoisotopic (exact) mass is 528 g/mol. The fourth-order valence-electron chi connectivity index (χ4n) is 3.34. The van der Waals surface area contributed by atoms with Crippen LogP contribution in [-0.2, 0) is 11.3 Å². The number of amides is 1. The topological polar surface area (TPSA) is 92.0 Å². The molecule has 0 spiro atoms. The van der Waals surface area contributed by atoms with Gasteiger partial charge in [-0.15, -0.1) is 0 Å². The normalized spacial score (nSPS) is 15.6. The first-order valence-corrected chi connectivity index (χ1v) is 11.0. The number of hydrogen-bond acceptors (Lipinski definition) is 5. The molecule has 36 heavy (non-hydrogen) atoms. The molecule has 0 saturated carbocycles. The molecular formula is C24H21ClF4N2O5. The van der Waals surface area contributed by atoms with E-state index in [1.165, 1.54) is 24.7 Å².